The summed E-state index contributed by atoms with van der Waals surface area (Å²) in [5, 5.41) is 0. The average molecular weight is 475 g/mol. The molecule has 2 aromatic carbocycles. The molecule has 1 unspecified atom stereocenters. The van der Waals surface area contributed by atoms with Gasteiger partial charge in [0.15, 0.2) is 0 Å². The number of carbonyl (C=O) groups is 1. The van der Waals surface area contributed by atoms with E-state index in [0.29, 0.717) is 13.1 Å². The van der Waals surface area contributed by atoms with Crippen molar-refractivity contribution in [3.05, 3.63) is 78.2 Å². The third-order valence-corrected chi connectivity index (χ3v) is 6.78. The number of amides is 1. The molecule has 2 N–H and O–H groups in total. The fourth-order valence-corrected chi connectivity index (χ4v) is 4.66. The monoisotopic (exact) mass is 474 g/mol. The number of hydrogen-bond acceptors (Lipinski definition) is 4. The lowest BCUT2D eigenvalue weighted by Gasteiger charge is -2.40. The van der Waals surface area contributed by atoms with Crippen molar-refractivity contribution in [3.8, 4) is 11.3 Å². The lowest BCUT2D eigenvalue weighted by Crippen LogP contribution is -2.46. The zero-order chi connectivity index (χ0) is 25.1. The van der Waals surface area contributed by atoms with Gasteiger partial charge in [-0.2, -0.15) is 0 Å². The Bertz CT molecular complexity index is 1110. The highest BCUT2D eigenvalue weighted by atomic mass is 16.5. The minimum absolute atomic E-state index is 0.0350. The summed E-state index contributed by atoms with van der Waals surface area (Å²) in [4.78, 5) is 20.5. The first kappa shape index (κ1) is 25.1. The van der Waals surface area contributed by atoms with E-state index in [1.807, 2.05) is 29.2 Å². The van der Waals surface area contributed by atoms with Crippen LogP contribution in [-0.4, -0.2) is 46.2 Å². The van der Waals surface area contributed by atoms with Crippen LogP contribution in [0.15, 0.2) is 66.9 Å². The minimum atomic E-state index is -0.261. The van der Waals surface area contributed by atoms with E-state index in [4.69, 9.17) is 15.5 Å². The van der Waals surface area contributed by atoms with E-state index < -0.39 is 0 Å². The molecule has 35 heavy (non-hydrogen) atoms. The Morgan fingerprint density at radius 1 is 1.11 bits per heavy atom. The van der Waals surface area contributed by atoms with Crippen LogP contribution in [0.25, 0.3) is 11.3 Å². The molecule has 1 aliphatic rings. The molecule has 1 amide bonds. The van der Waals surface area contributed by atoms with Gasteiger partial charge in [-0.05, 0) is 30.2 Å². The fraction of sp³-hybridized carbons (Fsp3) is 0.448. The van der Waals surface area contributed by atoms with Gasteiger partial charge < -0.3 is 19.9 Å². The molecule has 6 heteroatoms. The highest BCUT2D eigenvalue weighted by Crippen LogP contribution is 2.41. The first-order chi connectivity index (χ1) is 16.7. The van der Waals surface area contributed by atoms with Crippen LogP contribution in [0.4, 0.5) is 0 Å². The molecule has 1 saturated carbocycles. The van der Waals surface area contributed by atoms with E-state index in [0.717, 1.165) is 36.3 Å². The van der Waals surface area contributed by atoms with Crippen LogP contribution in [-0.2, 0) is 16.1 Å². The number of aromatic nitrogens is 2. The van der Waals surface area contributed by atoms with Crippen LogP contribution in [0, 0.1) is 5.41 Å². The van der Waals surface area contributed by atoms with Crippen molar-refractivity contribution in [3.63, 3.8) is 0 Å². The lowest BCUT2D eigenvalue weighted by atomic mass is 9.84. The van der Waals surface area contributed by atoms with Crippen LogP contribution in [0.2, 0.25) is 0 Å². The second-order valence-electron chi connectivity index (χ2n) is 10.9. The molecule has 0 bridgehead atoms. The molecule has 1 aliphatic carbocycles. The van der Waals surface area contributed by atoms with Gasteiger partial charge in [0.25, 0.3) is 0 Å². The van der Waals surface area contributed by atoms with E-state index in [1.54, 1.807) is 7.11 Å². The molecule has 1 aromatic heterocycles. The SMILES string of the molecule is COCC(=O)N(CCC1(N)CC1)C(c1nc(-c2ccccc2)cn1Cc1ccccc1)C(C)(C)C. The molecule has 0 aliphatic heterocycles. The van der Waals surface area contributed by atoms with Crippen LogP contribution in [0.1, 0.15) is 57.5 Å². The van der Waals surface area contributed by atoms with E-state index in [-0.39, 0.29) is 29.5 Å². The van der Waals surface area contributed by atoms with Gasteiger partial charge in [-0.25, -0.2) is 4.98 Å². The van der Waals surface area contributed by atoms with Gasteiger partial charge >= 0.3 is 0 Å². The molecule has 1 heterocycles. The van der Waals surface area contributed by atoms with Crippen molar-refractivity contribution in [1.82, 2.24) is 14.5 Å². The second-order valence-corrected chi connectivity index (χ2v) is 10.9. The highest BCUT2D eigenvalue weighted by molar-refractivity contribution is 5.78. The summed E-state index contributed by atoms with van der Waals surface area (Å²) >= 11 is 0. The first-order valence-electron chi connectivity index (χ1n) is 12.4. The maximum atomic E-state index is 13.4. The van der Waals surface area contributed by atoms with Gasteiger partial charge in [-0.3, -0.25) is 4.79 Å². The van der Waals surface area contributed by atoms with E-state index in [1.165, 1.54) is 5.56 Å². The average Bonchev–Trinajstić information content (AvgIpc) is 3.43. The van der Waals surface area contributed by atoms with Crippen LogP contribution < -0.4 is 5.73 Å². The molecular weight excluding hydrogens is 436 g/mol. The highest BCUT2D eigenvalue weighted by Gasteiger charge is 2.42. The smallest absolute Gasteiger partial charge is 0.249 e. The van der Waals surface area contributed by atoms with Crippen LogP contribution in [0.3, 0.4) is 0 Å². The number of nitrogens with two attached hydrogens (primary N) is 1. The second kappa shape index (κ2) is 10.3. The molecule has 1 fully saturated rings. The Kier molecular flexibility index (Phi) is 7.43. The predicted molar refractivity (Wildman–Crippen MR) is 140 cm³/mol. The quantitative estimate of drug-likeness (QED) is 0.447. The van der Waals surface area contributed by atoms with Gasteiger partial charge in [0.05, 0.1) is 11.7 Å². The Morgan fingerprint density at radius 2 is 1.74 bits per heavy atom. The molecule has 4 rings (SSSR count). The number of rotatable bonds is 10. The first-order valence-corrected chi connectivity index (χ1v) is 12.4. The number of hydrogen-bond donors (Lipinski definition) is 1. The number of benzene rings is 2. The molecule has 0 radical (unpaired) electrons. The topological polar surface area (TPSA) is 73.4 Å². The maximum absolute atomic E-state index is 13.4. The summed E-state index contributed by atoms with van der Waals surface area (Å²) in [6.07, 6.45) is 4.92. The number of carbonyl (C=O) groups excluding carboxylic acids is 1. The minimum Gasteiger partial charge on any atom is -0.375 e. The molecule has 6 nitrogen and oxygen atoms in total. The van der Waals surface area contributed by atoms with Gasteiger partial charge in [0, 0.05) is 37.5 Å². The third kappa shape index (κ3) is 6.19. The van der Waals surface area contributed by atoms with E-state index in [2.05, 4.69) is 67.9 Å². The van der Waals surface area contributed by atoms with Crippen molar-refractivity contribution in [1.29, 1.82) is 0 Å². The number of ether oxygens (including phenoxy) is 1. The normalized spacial score (nSPS) is 15.6. The summed E-state index contributed by atoms with van der Waals surface area (Å²) in [6, 6.07) is 20.3. The summed E-state index contributed by atoms with van der Waals surface area (Å²) in [7, 11) is 1.57. The summed E-state index contributed by atoms with van der Waals surface area (Å²) in [6.45, 7) is 7.81. The van der Waals surface area contributed by atoms with Gasteiger partial charge in [-0.15, -0.1) is 0 Å². The summed E-state index contributed by atoms with van der Waals surface area (Å²) in [5.74, 6) is 0.846. The van der Waals surface area contributed by atoms with E-state index in [9.17, 15) is 4.79 Å². The van der Waals surface area contributed by atoms with Gasteiger partial charge in [0.2, 0.25) is 5.91 Å². The summed E-state index contributed by atoms with van der Waals surface area (Å²) < 4.78 is 7.49. The molecule has 1 atom stereocenters. The van der Waals surface area contributed by atoms with Crippen molar-refractivity contribution in [2.24, 2.45) is 11.1 Å². The van der Waals surface area contributed by atoms with Crippen molar-refractivity contribution in [2.75, 3.05) is 20.3 Å². The number of imidazole rings is 1. The van der Waals surface area contributed by atoms with Gasteiger partial charge in [0.1, 0.15) is 12.4 Å². The van der Waals surface area contributed by atoms with Crippen molar-refractivity contribution < 1.29 is 9.53 Å². The zero-order valence-corrected chi connectivity index (χ0v) is 21.4. The Hall–Kier alpha value is -2.96. The van der Waals surface area contributed by atoms with Crippen molar-refractivity contribution >= 4 is 5.91 Å². The summed E-state index contributed by atoms with van der Waals surface area (Å²) in [5.41, 5.74) is 9.18. The number of methoxy groups -OCH3 is 1. The maximum Gasteiger partial charge on any atom is 0.249 e. The molecule has 3 aromatic rings. The Morgan fingerprint density at radius 3 is 2.31 bits per heavy atom. The standard InChI is InChI=1S/C29H38N4O2/c1-28(2,3)26(33(25(34)21-35-4)18-17-29(30)15-16-29)27-31-24(23-13-9-6-10-14-23)20-32(27)19-22-11-7-5-8-12-22/h5-14,20,26H,15-19,21,30H2,1-4H3. The van der Waals surface area contributed by atoms with Crippen molar-refractivity contribution in [2.45, 2.75) is 58.2 Å². The zero-order valence-electron chi connectivity index (χ0n) is 21.4. The van der Waals surface area contributed by atoms with Crippen LogP contribution >= 0.6 is 0 Å². The molecule has 0 saturated heterocycles. The Balaban J connectivity index is 1.80. The fourth-order valence-electron chi connectivity index (χ4n) is 4.66. The van der Waals surface area contributed by atoms with E-state index >= 15 is 0 Å². The third-order valence-electron chi connectivity index (χ3n) is 6.78. The molecule has 186 valence electrons. The molecular formula is C29H38N4O2. The lowest BCUT2D eigenvalue weighted by molar-refractivity contribution is -0.140. The largest absolute Gasteiger partial charge is 0.375 e. The number of nitrogens with zero attached hydrogens (tertiary/aromatic N) is 3. The predicted octanol–water partition coefficient (Wildman–Crippen LogP) is 5.04. The Labute approximate surface area is 209 Å². The molecule has 0 spiro atoms. The van der Waals surface area contributed by atoms with Crippen LogP contribution in [0.5, 0.6) is 0 Å². The van der Waals surface area contributed by atoms with Gasteiger partial charge in [-0.1, -0.05) is 81.4 Å².